The van der Waals surface area contributed by atoms with Gasteiger partial charge >= 0.3 is 19.8 Å². The Balaban J connectivity index is 4.05. The Hall–Kier alpha value is -1.73. The van der Waals surface area contributed by atoms with Crippen LogP contribution >= 0.6 is 7.82 Å². The predicted molar refractivity (Wildman–Crippen MR) is 147 cm³/mol. The average Bonchev–Trinajstić information content (AvgIpc) is 2.85. The fourth-order valence-electron chi connectivity index (χ4n) is 3.38. The van der Waals surface area contributed by atoms with Crippen LogP contribution in [-0.2, 0) is 28.2 Å². The van der Waals surface area contributed by atoms with E-state index in [0.717, 1.165) is 70.6 Å². The van der Waals surface area contributed by atoms with Crippen molar-refractivity contribution >= 4 is 19.8 Å². The van der Waals surface area contributed by atoms with E-state index in [2.05, 4.69) is 54.8 Å². The Kier molecular flexibility index (Phi) is 23.4. The van der Waals surface area contributed by atoms with Gasteiger partial charge in [-0.25, -0.2) is 4.57 Å². The number of phosphoric acid groups is 1. The van der Waals surface area contributed by atoms with Crippen LogP contribution in [0.15, 0.2) is 36.5 Å². The summed E-state index contributed by atoms with van der Waals surface area (Å²) in [6, 6.07) is 0. The van der Waals surface area contributed by atoms with Gasteiger partial charge in [0.1, 0.15) is 6.61 Å². The fourth-order valence-corrected chi connectivity index (χ4v) is 3.74. The van der Waals surface area contributed by atoms with Crippen LogP contribution in [0.1, 0.15) is 110 Å². The molecule has 37 heavy (non-hydrogen) atoms. The molecule has 1 atom stereocenters. The number of ether oxygens (including phenoxy) is 2. The molecule has 0 aromatic rings. The molecule has 0 aliphatic carbocycles. The summed E-state index contributed by atoms with van der Waals surface area (Å²) in [6.07, 6.45) is 25.0. The van der Waals surface area contributed by atoms with Crippen molar-refractivity contribution in [3.63, 3.8) is 0 Å². The van der Waals surface area contributed by atoms with E-state index in [1.807, 2.05) is 0 Å². The van der Waals surface area contributed by atoms with Gasteiger partial charge in [-0.3, -0.25) is 14.1 Å². The molecule has 0 saturated carbocycles. The van der Waals surface area contributed by atoms with E-state index >= 15 is 0 Å². The Morgan fingerprint density at radius 1 is 0.730 bits per heavy atom. The Morgan fingerprint density at radius 3 is 1.95 bits per heavy atom. The van der Waals surface area contributed by atoms with Crippen LogP contribution in [0.4, 0.5) is 0 Å². The predicted octanol–water partition coefficient (Wildman–Crippen LogP) is 7.11. The highest BCUT2D eigenvalue weighted by molar-refractivity contribution is 7.46. The summed E-state index contributed by atoms with van der Waals surface area (Å²) in [5.41, 5.74) is 0. The van der Waals surface area contributed by atoms with E-state index in [9.17, 15) is 14.2 Å². The van der Waals surface area contributed by atoms with Gasteiger partial charge in [-0.05, 0) is 44.9 Å². The second-order valence-electron chi connectivity index (χ2n) is 8.99. The fraction of sp³-hybridized carbons (Fsp3) is 0.714. The minimum absolute atomic E-state index is 0.192. The normalized spacial score (nSPS) is 13.1. The molecule has 0 rings (SSSR count). The quantitative estimate of drug-likeness (QED) is 0.0571. The van der Waals surface area contributed by atoms with Crippen molar-refractivity contribution in [1.29, 1.82) is 0 Å². The molecule has 8 nitrogen and oxygen atoms in total. The Morgan fingerprint density at radius 2 is 1.30 bits per heavy atom. The minimum Gasteiger partial charge on any atom is -0.462 e. The summed E-state index contributed by atoms with van der Waals surface area (Å²) < 4.78 is 25.8. The third-order valence-corrected chi connectivity index (χ3v) is 5.91. The molecule has 0 saturated heterocycles. The van der Waals surface area contributed by atoms with E-state index in [1.165, 1.54) is 0 Å². The molecule has 0 radical (unpaired) electrons. The Bertz CT molecular complexity index is 711. The van der Waals surface area contributed by atoms with Gasteiger partial charge in [0.2, 0.25) is 0 Å². The molecule has 214 valence electrons. The van der Waals surface area contributed by atoms with Crippen LogP contribution in [0.2, 0.25) is 0 Å². The summed E-state index contributed by atoms with van der Waals surface area (Å²) >= 11 is 0. The number of hydrogen-bond donors (Lipinski definition) is 2. The van der Waals surface area contributed by atoms with E-state index in [-0.39, 0.29) is 19.4 Å². The molecule has 0 aromatic heterocycles. The highest BCUT2D eigenvalue weighted by atomic mass is 31.2. The maximum absolute atomic E-state index is 12.2. The first-order valence-corrected chi connectivity index (χ1v) is 15.3. The molecule has 0 fully saturated rings. The zero-order valence-corrected chi connectivity index (χ0v) is 23.7. The summed E-state index contributed by atoms with van der Waals surface area (Å²) in [6.45, 7) is 3.37. The van der Waals surface area contributed by atoms with Gasteiger partial charge in [0, 0.05) is 12.8 Å². The maximum atomic E-state index is 12.2. The van der Waals surface area contributed by atoms with Crippen molar-refractivity contribution in [2.75, 3.05) is 13.2 Å². The zero-order valence-electron chi connectivity index (χ0n) is 22.9. The third-order valence-electron chi connectivity index (χ3n) is 5.42. The van der Waals surface area contributed by atoms with E-state index in [1.54, 1.807) is 0 Å². The summed E-state index contributed by atoms with van der Waals surface area (Å²) in [5.74, 6) is -0.932. The number of esters is 2. The summed E-state index contributed by atoms with van der Waals surface area (Å²) in [5, 5.41) is 0. The number of carbonyl (C=O) groups excluding carboxylic acids is 2. The number of hydrogen-bond acceptors (Lipinski definition) is 6. The van der Waals surface area contributed by atoms with Gasteiger partial charge < -0.3 is 19.3 Å². The molecule has 0 aliphatic rings. The smallest absolute Gasteiger partial charge is 0.462 e. The minimum atomic E-state index is -4.73. The number of allylic oxidation sites excluding steroid dienone is 6. The van der Waals surface area contributed by atoms with Gasteiger partial charge in [0.05, 0.1) is 6.61 Å². The third kappa shape index (κ3) is 27.1. The number of unbranched alkanes of at least 4 members (excludes halogenated alkanes) is 8. The zero-order chi connectivity index (χ0) is 27.6. The largest absolute Gasteiger partial charge is 0.469 e. The first kappa shape index (κ1) is 35.3. The van der Waals surface area contributed by atoms with Crippen LogP contribution in [0.25, 0.3) is 0 Å². The van der Waals surface area contributed by atoms with Gasteiger partial charge in [0.25, 0.3) is 0 Å². The van der Waals surface area contributed by atoms with Gasteiger partial charge in [0.15, 0.2) is 6.10 Å². The van der Waals surface area contributed by atoms with Crippen LogP contribution in [0, 0.1) is 0 Å². The number of carbonyl (C=O) groups is 2. The second-order valence-corrected chi connectivity index (χ2v) is 10.2. The van der Waals surface area contributed by atoms with Crippen LogP contribution in [0.3, 0.4) is 0 Å². The lowest BCUT2D eigenvalue weighted by Gasteiger charge is -2.18. The first-order chi connectivity index (χ1) is 17.8. The lowest BCUT2D eigenvalue weighted by atomic mass is 10.1. The molecule has 0 spiro atoms. The summed E-state index contributed by atoms with van der Waals surface area (Å²) in [4.78, 5) is 41.9. The standard InChI is InChI=1S/C28H49O8P/c1-3-5-7-9-10-11-12-13-14-15-16-17-18-19-21-23-28(30)36-26(25-35-37(31,32)33)24-34-27(29)22-20-8-6-4-2/h5,7,10-11,13-14,26H,3-4,6,8-9,12,15-25H2,1-2H3,(H2,31,32,33)/b7-5-,11-10-,14-13-. The molecule has 0 aliphatic heterocycles. The van der Waals surface area contributed by atoms with Gasteiger partial charge in [-0.2, -0.15) is 0 Å². The summed E-state index contributed by atoms with van der Waals surface area (Å²) in [7, 11) is -4.73. The molecular weight excluding hydrogens is 495 g/mol. The molecular formula is C28H49O8P. The van der Waals surface area contributed by atoms with E-state index in [0.29, 0.717) is 12.8 Å². The van der Waals surface area contributed by atoms with Crippen molar-refractivity contribution in [2.24, 2.45) is 0 Å². The molecule has 0 amide bonds. The van der Waals surface area contributed by atoms with E-state index < -0.39 is 32.5 Å². The van der Waals surface area contributed by atoms with Crippen molar-refractivity contribution in [3.8, 4) is 0 Å². The van der Waals surface area contributed by atoms with Crippen LogP contribution in [-0.4, -0.2) is 41.0 Å². The maximum Gasteiger partial charge on any atom is 0.469 e. The van der Waals surface area contributed by atoms with Gasteiger partial charge in [-0.1, -0.05) is 88.8 Å². The SMILES string of the molecule is CC/C=C\C/C=C\C/C=C\CCCCCCCC(=O)OC(COC(=O)CCCCCC)COP(=O)(O)O. The molecule has 0 heterocycles. The van der Waals surface area contributed by atoms with Crippen LogP contribution < -0.4 is 0 Å². The monoisotopic (exact) mass is 544 g/mol. The van der Waals surface area contributed by atoms with E-state index in [4.69, 9.17) is 19.3 Å². The van der Waals surface area contributed by atoms with Crippen molar-refractivity contribution in [1.82, 2.24) is 0 Å². The van der Waals surface area contributed by atoms with Crippen molar-refractivity contribution < 1.29 is 37.9 Å². The van der Waals surface area contributed by atoms with Gasteiger partial charge in [-0.15, -0.1) is 0 Å². The Labute approximate surface area is 223 Å². The molecule has 2 N–H and O–H groups in total. The second kappa shape index (κ2) is 24.6. The highest BCUT2D eigenvalue weighted by Gasteiger charge is 2.22. The molecule has 0 bridgehead atoms. The first-order valence-electron chi connectivity index (χ1n) is 13.8. The molecule has 1 unspecified atom stereocenters. The topological polar surface area (TPSA) is 119 Å². The molecule has 9 heteroatoms. The van der Waals surface area contributed by atoms with Crippen molar-refractivity contribution in [3.05, 3.63) is 36.5 Å². The van der Waals surface area contributed by atoms with Crippen LogP contribution in [0.5, 0.6) is 0 Å². The number of phosphoric ester groups is 1. The highest BCUT2D eigenvalue weighted by Crippen LogP contribution is 2.35. The average molecular weight is 545 g/mol. The lowest BCUT2D eigenvalue weighted by Crippen LogP contribution is -2.29. The number of rotatable bonds is 24. The van der Waals surface area contributed by atoms with Crippen molar-refractivity contribution in [2.45, 2.75) is 116 Å². The lowest BCUT2D eigenvalue weighted by molar-refractivity contribution is -0.161. The molecule has 0 aromatic carbocycles.